The van der Waals surface area contributed by atoms with Gasteiger partial charge in [0.25, 0.3) is 0 Å². The van der Waals surface area contributed by atoms with Crippen LogP contribution in [-0.2, 0) is 23.1 Å². The molecule has 0 saturated carbocycles. The van der Waals surface area contributed by atoms with Crippen LogP contribution in [0, 0.1) is 6.92 Å². The summed E-state index contributed by atoms with van der Waals surface area (Å²) in [4.78, 5) is 0.257. The van der Waals surface area contributed by atoms with Crippen molar-refractivity contribution in [1.29, 1.82) is 0 Å². The molecule has 0 bridgehead atoms. The SMILES string of the molecule is CCn1ncc(S(=O)(=O)N2Cc3nnc(-c4ccccc4)n3[C@@H](C)C2)c1C. The van der Waals surface area contributed by atoms with Gasteiger partial charge >= 0.3 is 0 Å². The molecular weight excluding hydrogens is 364 g/mol. The molecule has 1 atom stereocenters. The summed E-state index contributed by atoms with van der Waals surface area (Å²) in [5, 5.41) is 12.8. The maximum Gasteiger partial charge on any atom is 0.246 e. The first-order valence-electron chi connectivity index (χ1n) is 8.95. The third-order valence-electron chi connectivity index (χ3n) is 5.00. The van der Waals surface area contributed by atoms with Crippen molar-refractivity contribution in [2.24, 2.45) is 0 Å². The molecule has 0 fully saturated rings. The first-order chi connectivity index (χ1) is 12.9. The zero-order chi connectivity index (χ0) is 19.2. The highest BCUT2D eigenvalue weighted by atomic mass is 32.2. The Labute approximate surface area is 158 Å². The van der Waals surface area contributed by atoms with E-state index < -0.39 is 10.0 Å². The molecule has 0 unspecified atom stereocenters. The standard InChI is InChI=1S/C18H22N6O2S/c1-4-23-14(3)16(10-19-23)27(25,26)22-11-13(2)24-17(12-22)20-21-18(24)15-8-6-5-7-9-15/h5-10,13H,4,11-12H2,1-3H3/t13-/m0/s1. The number of aromatic nitrogens is 5. The summed E-state index contributed by atoms with van der Waals surface area (Å²) in [6.45, 7) is 6.91. The summed E-state index contributed by atoms with van der Waals surface area (Å²) in [7, 11) is -3.64. The van der Waals surface area contributed by atoms with E-state index >= 15 is 0 Å². The number of aryl methyl sites for hydroxylation is 1. The minimum atomic E-state index is -3.64. The number of nitrogens with zero attached hydrogens (tertiary/aromatic N) is 6. The molecule has 0 spiro atoms. The maximum atomic E-state index is 13.2. The summed E-state index contributed by atoms with van der Waals surface area (Å²) >= 11 is 0. The minimum Gasteiger partial charge on any atom is -0.306 e. The summed E-state index contributed by atoms with van der Waals surface area (Å²) in [5.74, 6) is 1.42. The molecule has 1 aliphatic rings. The second-order valence-corrected chi connectivity index (χ2v) is 8.64. The molecule has 0 N–H and O–H groups in total. The molecule has 4 rings (SSSR count). The molecule has 3 aromatic rings. The van der Waals surface area contributed by atoms with Gasteiger partial charge in [0.2, 0.25) is 10.0 Å². The fraction of sp³-hybridized carbons (Fsp3) is 0.389. The predicted octanol–water partition coefficient (Wildman–Crippen LogP) is 2.24. The number of hydrogen-bond donors (Lipinski definition) is 0. The largest absolute Gasteiger partial charge is 0.306 e. The van der Waals surface area contributed by atoms with E-state index in [1.165, 1.54) is 10.5 Å². The van der Waals surface area contributed by atoms with Crippen LogP contribution in [0.1, 0.15) is 31.4 Å². The van der Waals surface area contributed by atoms with Gasteiger partial charge in [-0.25, -0.2) is 8.42 Å². The van der Waals surface area contributed by atoms with Gasteiger partial charge in [-0.05, 0) is 20.8 Å². The number of hydrogen-bond acceptors (Lipinski definition) is 5. The third-order valence-corrected chi connectivity index (χ3v) is 6.91. The number of sulfonamides is 1. The van der Waals surface area contributed by atoms with Crippen molar-refractivity contribution in [2.45, 2.75) is 44.8 Å². The van der Waals surface area contributed by atoms with Crippen LogP contribution >= 0.6 is 0 Å². The molecule has 2 aromatic heterocycles. The van der Waals surface area contributed by atoms with Crippen molar-refractivity contribution in [3.63, 3.8) is 0 Å². The van der Waals surface area contributed by atoms with E-state index in [1.54, 1.807) is 11.6 Å². The highest BCUT2D eigenvalue weighted by molar-refractivity contribution is 7.89. The molecule has 3 heterocycles. The Kier molecular flexibility index (Phi) is 4.35. The zero-order valence-electron chi connectivity index (χ0n) is 15.6. The Bertz CT molecular complexity index is 1070. The quantitative estimate of drug-likeness (QED) is 0.686. The highest BCUT2D eigenvalue weighted by Gasteiger charge is 2.36. The second kappa shape index (κ2) is 6.58. The Morgan fingerprint density at radius 3 is 2.59 bits per heavy atom. The Balaban J connectivity index is 1.70. The lowest BCUT2D eigenvalue weighted by atomic mass is 10.2. The molecule has 8 nitrogen and oxygen atoms in total. The van der Waals surface area contributed by atoms with Gasteiger partial charge in [0, 0.05) is 24.7 Å². The van der Waals surface area contributed by atoms with E-state index in [0.717, 1.165) is 11.4 Å². The van der Waals surface area contributed by atoms with E-state index in [9.17, 15) is 8.42 Å². The van der Waals surface area contributed by atoms with Crippen LogP contribution in [0.4, 0.5) is 0 Å². The van der Waals surface area contributed by atoms with Crippen LogP contribution in [0.3, 0.4) is 0 Å². The van der Waals surface area contributed by atoms with Gasteiger partial charge in [-0.3, -0.25) is 4.68 Å². The summed E-state index contributed by atoms with van der Waals surface area (Å²) in [5.41, 5.74) is 1.63. The lowest BCUT2D eigenvalue weighted by molar-refractivity contribution is 0.293. The Morgan fingerprint density at radius 2 is 1.93 bits per heavy atom. The van der Waals surface area contributed by atoms with Gasteiger partial charge in [-0.2, -0.15) is 9.40 Å². The topological polar surface area (TPSA) is 85.9 Å². The van der Waals surface area contributed by atoms with Crippen LogP contribution in [0.15, 0.2) is 41.4 Å². The molecule has 142 valence electrons. The normalized spacial score (nSPS) is 17.8. The van der Waals surface area contributed by atoms with Crippen LogP contribution < -0.4 is 0 Å². The average Bonchev–Trinajstić information content (AvgIpc) is 3.26. The van der Waals surface area contributed by atoms with Gasteiger partial charge in [-0.1, -0.05) is 30.3 Å². The van der Waals surface area contributed by atoms with Gasteiger partial charge in [0.1, 0.15) is 10.7 Å². The molecule has 0 saturated heterocycles. The molecule has 1 aliphatic heterocycles. The first kappa shape index (κ1) is 17.9. The monoisotopic (exact) mass is 386 g/mol. The summed E-state index contributed by atoms with van der Waals surface area (Å²) in [6, 6.07) is 9.75. The molecule has 0 radical (unpaired) electrons. The fourth-order valence-corrected chi connectivity index (χ4v) is 5.24. The van der Waals surface area contributed by atoms with Crippen LogP contribution in [0.25, 0.3) is 11.4 Å². The lowest BCUT2D eigenvalue weighted by Crippen LogP contribution is -2.40. The third kappa shape index (κ3) is 2.87. The highest BCUT2D eigenvalue weighted by Crippen LogP contribution is 2.31. The summed E-state index contributed by atoms with van der Waals surface area (Å²) in [6.07, 6.45) is 1.44. The maximum absolute atomic E-state index is 13.2. The van der Waals surface area contributed by atoms with Crippen LogP contribution in [0.2, 0.25) is 0 Å². The molecular formula is C18H22N6O2S. The van der Waals surface area contributed by atoms with E-state index in [-0.39, 0.29) is 17.5 Å². The number of fused-ring (bicyclic) bond motifs is 1. The smallest absolute Gasteiger partial charge is 0.246 e. The zero-order valence-corrected chi connectivity index (χ0v) is 16.4. The molecule has 1 aromatic carbocycles. The van der Waals surface area contributed by atoms with Crippen molar-refractivity contribution in [1.82, 2.24) is 28.9 Å². The van der Waals surface area contributed by atoms with Gasteiger partial charge in [0.05, 0.1) is 18.4 Å². The Hall–Kier alpha value is -2.52. The minimum absolute atomic E-state index is 0.0738. The lowest BCUT2D eigenvalue weighted by Gasteiger charge is -2.31. The predicted molar refractivity (Wildman–Crippen MR) is 100 cm³/mol. The van der Waals surface area contributed by atoms with Crippen molar-refractivity contribution < 1.29 is 8.42 Å². The van der Waals surface area contributed by atoms with Gasteiger partial charge in [-0.15, -0.1) is 10.2 Å². The van der Waals surface area contributed by atoms with Gasteiger partial charge in [0.15, 0.2) is 5.82 Å². The van der Waals surface area contributed by atoms with E-state index in [2.05, 4.69) is 15.3 Å². The van der Waals surface area contributed by atoms with Crippen molar-refractivity contribution in [2.75, 3.05) is 6.54 Å². The molecule has 9 heteroatoms. The van der Waals surface area contributed by atoms with E-state index in [1.807, 2.05) is 48.7 Å². The van der Waals surface area contributed by atoms with Crippen molar-refractivity contribution in [3.8, 4) is 11.4 Å². The molecule has 27 heavy (non-hydrogen) atoms. The molecule has 0 amide bonds. The fourth-order valence-electron chi connectivity index (χ4n) is 3.60. The van der Waals surface area contributed by atoms with E-state index in [0.29, 0.717) is 24.6 Å². The number of benzene rings is 1. The molecule has 0 aliphatic carbocycles. The van der Waals surface area contributed by atoms with Crippen molar-refractivity contribution in [3.05, 3.63) is 48.0 Å². The average molecular weight is 386 g/mol. The Morgan fingerprint density at radius 1 is 1.19 bits per heavy atom. The van der Waals surface area contributed by atoms with E-state index in [4.69, 9.17) is 0 Å². The first-order valence-corrected chi connectivity index (χ1v) is 10.4. The second-order valence-electron chi connectivity index (χ2n) is 6.73. The van der Waals surface area contributed by atoms with Crippen LogP contribution in [-0.4, -0.2) is 43.8 Å². The van der Waals surface area contributed by atoms with Gasteiger partial charge < -0.3 is 4.57 Å². The number of rotatable bonds is 4. The van der Waals surface area contributed by atoms with Crippen molar-refractivity contribution >= 4 is 10.0 Å². The summed E-state index contributed by atoms with van der Waals surface area (Å²) < 4.78 is 31.6. The van der Waals surface area contributed by atoms with Crippen LogP contribution in [0.5, 0.6) is 0 Å².